The molecule has 3 aromatic rings. The van der Waals surface area contributed by atoms with Crippen LogP contribution in [0.15, 0.2) is 35.5 Å². The maximum atomic E-state index is 14.0. The van der Waals surface area contributed by atoms with Crippen molar-refractivity contribution in [3.63, 3.8) is 0 Å². The summed E-state index contributed by atoms with van der Waals surface area (Å²) in [5.74, 6) is -0.0870. The summed E-state index contributed by atoms with van der Waals surface area (Å²) in [7, 11) is -1.42. The SMILES string of the molecule is CC(Cc1ccc(C(=O)N2CCN(c3ncc(C(F)(F)F)cn3)CC2)s1)Nc1cnn(COCC[Si](C)(C)C)c(=O)c1C(F)(F)F. The quantitative estimate of drug-likeness (QED) is 0.161. The van der Waals surface area contributed by atoms with Gasteiger partial charge >= 0.3 is 12.4 Å². The fraction of sp³-hybridized carbons (Fsp3) is 0.536. The number of anilines is 2. The van der Waals surface area contributed by atoms with E-state index in [2.05, 4.69) is 40.0 Å². The van der Waals surface area contributed by atoms with Gasteiger partial charge in [0.25, 0.3) is 11.5 Å². The number of aromatic nitrogens is 4. The Morgan fingerprint density at radius 2 is 1.67 bits per heavy atom. The van der Waals surface area contributed by atoms with E-state index in [1.54, 1.807) is 28.9 Å². The van der Waals surface area contributed by atoms with Crippen LogP contribution in [-0.4, -0.2) is 77.5 Å². The molecule has 4 rings (SSSR count). The molecule has 0 bridgehead atoms. The lowest BCUT2D eigenvalue weighted by Crippen LogP contribution is -2.49. The van der Waals surface area contributed by atoms with Crippen LogP contribution in [0.1, 0.15) is 32.6 Å². The van der Waals surface area contributed by atoms with Crippen LogP contribution in [0.2, 0.25) is 25.7 Å². The van der Waals surface area contributed by atoms with E-state index in [1.807, 2.05) is 0 Å². The van der Waals surface area contributed by atoms with Gasteiger partial charge in [-0.3, -0.25) is 9.59 Å². The second kappa shape index (κ2) is 14.1. The molecule has 1 atom stereocenters. The fourth-order valence-corrected chi connectivity index (χ4v) is 6.47. The van der Waals surface area contributed by atoms with Crippen molar-refractivity contribution >= 4 is 37.0 Å². The number of piperazine rings is 1. The van der Waals surface area contributed by atoms with E-state index in [9.17, 15) is 35.9 Å². The van der Waals surface area contributed by atoms with Crippen molar-refractivity contribution < 1.29 is 35.9 Å². The number of alkyl halides is 6. The molecule has 4 heterocycles. The van der Waals surface area contributed by atoms with E-state index in [0.29, 0.717) is 42.3 Å². The minimum absolute atomic E-state index is 0.145. The second-order valence-electron chi connectivity index (χ2n) is 12.1. The normalized spacial score (nSPS) is 15.3. The molecule has 1 amide bonds. The number of hydrogen-bond donors (Lipinski definition) is 1. The molecule has 1 N–H and O–H groups in total. The zero-order chi connectivity index (χ0) is 33.9. The Morgan fingerprint density at radius 1 is 1.02 bits per heavy atom. The van der Waals surface area contributed by atoms with Crippen LogP contribution < -0.4 is 15.8 Å². The number of amides is 1. The van der Waals surface area contributed by atoms with Gasteiger partial charge in [-0.1, -0.05) is 19.6 Å². The van der Waals surface area contributed by atoms with E-state index in [0.717, 1.165) is 29.5 Å². The van der Waals surface area contributed by atoms with Crippen LogP contribution in [0.3, 0.4) is 0 Å². The molecule has 1 aliphatic rings. The Bertz CT molecular complexity index is 1550. The summed E-state index contributed by atoms with van der Waals surface area (Å²) in [5.41, 5.74) is -4.04. The standard InChI is InChI=1S/C28H35F6N7O3SSi/c1-18(38-21-16-37-41(17-44-11-12-46(2,3)4)25(43)23(21)28(32,33)34)13-20-5-6-22(45-20)24(42)39-7-9-40(10-8-39)26-35-14-19(15-36-26)27(29,30)31/h5-6,14-16,18,38H,7-13,17H2,1-4H3. The number of carbonyl (C=O) groups excluding carboxylic acids is 1. The van der Waals surface area contributed by atoms with Crippen molar-refractivity contribution in [2.24, 2.45) is 0 Å². The van der Waals surface area contributed by atoms with Gasteiger partial charge in [0.2, 0.25) is 5.95 Å². The van der Waals surface area contributed by atoms with Crippen molar-refractivity contribution in [1.29, 1.82) is 0 Å². The average Bonchev–Trinajstić information content (AvgIpc) is 3.42. The highest BCUT2D eigenvalue weighted by atomic mass is 32.1. The summed E-state index contributed by atoms with van der Waals surface area (Å²) >= 11 is 1.21. The molecule has 18 heteroatoms. The van der Waals surface area contributed by atoms with Gasteiger partial charge in [-0.2, -0.15) is 31.4 Å². The lowest BCUT2D eigenvalue weighted by Gasteiger charge is -2.34. The molecule has 3 aromatic heterocycles. The van der Waals surface area contributed by atoms with Crippen molar-refractivity contribution in [3.8, 4) is 0 Å². The van der Waals surface area contributed by atoms with Gasteiger partial charge in [0.15, 0.2) is 0 Å². The Kier molecular flexibility index (Phi) is 10.8. The number of ether oxygens (including phenoxy) is 1. The summed E-state index contributed by atoms with van der Waals surface area (Å²) in [5, 5.41) is 6.64. The summed E-state index contributed by atoms with van der Waals surface area (Å²) in [6.45, 7) is 9.26. The van der Waals surface area contributed by atoms with Gasteiger partial charge in [0, 0.05) is 70.6 Å². The Labute approximate surface area is 266 Å². The topological polar surface area (TPSA) is 105 Å². The fourth-order valence-electron chi connectivity index (χ4n) is 4.61. The van der Waals surface area contributed by atoms with Gasteiger partial charge < -0.3 is 19.9 Å². The van der Waals surface area contributed by atoms with E-state index in [4.69, 9.17) is 4.74 Å². The highest BCUT2D eigenvalue weighted by Gasteiger charge is 2.38. The number of halogens is 6. The molecule has 1 fully saturated rings. The zero-order valence-electron chi connectivity index (χ0n) is 25.7. The van der Waals surface area contributed by atoms with Gasteiger partial charge in [-0.25, -0.2) is 14.6 Å². The van der Waals surface area contributed by atoms with Gasteiger partial charge in [0.05, 0.1) is 22.3 Å². The van der Waals surface area contributed by atoms with Crippen LogP contribution in [-0.2, 0) is 30.2 Å². The van der Waals surface area contributed by atoms with Crippen molar-refractivity contribution in [2.45, 2.75) is 64.2 Å². The number of thiophene rings is 1. The highest BCUT2D eigenvalue weighted by Crippen LogP contribution is 2.33. The van der Waals surface area contributed by atoms with E-state index in [-0.39, 0.29) is 25.0 Å². The molecule has 1 aliphatic heterocycles. The molecule has 0 saturated carbocycles. The molecule has 0 aromatic carbocycles. The third-order valence-electron chi connectivity index (χ3n) is 7.13. The third kappa shape index (κ3) is 9.28. The Balaban J connectivity index is 1.34. The van der Waals surface area contributed by atoms with Crippen LogP contribution in [0.25, 0.3) is 0 Å². The van der Waals surface area contributed by atoms with Crippen molar-refractivity contribution in [1.82, 2.24) is 24.6 Å². The predicted octanol–water partition coefficient (Wildman–Crippen LogP) is 5.45. The molecule has 10 nitrogen and oxygen atoms in total. The minimum Gasteiger partial charge on any atom is -0.380 e. The Morgan fingerprint density at radius 3 is 2.26 bits per heavy atom. The highest BCUT2D eigenvalue weighted by molar-refractivity contribution is 7.14. The maximum Gasteiger partial charge on any atom is 0.423 e. The molecule has 0 radical (unpaired) electrons. The van der Waals surface area contributed by atoms with Gasteiger partial charge in [-0.15, -0.1) is 11.3 Å². The monoisotopic (exact) mass is 691 g/mol. The molecular formula is C28H35F6N7O3SSi. The number of rotatable bonds is 11. The molecular weight excluding hydrogens is 656 g/mol. The van der Waals surface area contributed by atoms with Crippen LogP contribution in [0, 0.1) is 0 Å². The predicted molar refractivity (Wildman–Crippen MR) is 164 cm³/mol. The summed E-state index contributed by atoms with van der Waals surface area (Å²) < 4.78 is 86.3. The first kappa shape index (κ1) is 35.3. The smallest absolute Gasteiger partial charge is 0.380 e. The van der Waals surface area contributed by atoms with E-state index in [1.165, 1.54) is 11.3 Å². The first-order valence-corrected chi connectivity index (χ1v) is 19.0. The summed E-state index contributed by atoms with van der Waals surface area (Å²) in [6, 6.07) is 3.62. The first-order chi connectivity index (χ1) is 21.4. The molecule has 1 unspecified atom stereocenters. The molecule has 252 valence electrons. The number of nitrogens with zero attached hydrogens (tertiary/aromatic N) is 6. The number of nitrogens with one attached hydrogen (secondary N) is 1. The van der Waals surface area contributed by atoms with Gasteiger partial charge in [0.1, 0.15) is 12.3 Å². The lowest BCUT2D eigenvalue weighted by molar-refractivity contribution is -0.139. The molecule has 1 saturated heterocycles. The molecule has 0 aliphatic carbocycles. The van der Waals surface area contributed by atoms with Crippen molar-refractivity contribution in [3.05, 3.63) is 62.0 Å². The van der Waals surface area contributed by atoms with E-state index >= 15 is 0 Å². The summed E-state index contributed by atoms with van der Waals surface area (Å²) in [6.07, 6.45) is -6.76. The van der Waals surface area contributed by atoms with Crippen LogP contribution in [0.5, 0.6) is 0 Å². The van der Waals surface area contributed by atoms with Crippen molar-refractivity contribution in [2.75, 3.05) is 43.0 Å². The first-order valence-electron chi connectivity index (χ1n) is 14.5. The summed E-state index contributed by atoms with van der Waals surface area (Å²) in [4.78, 5) is 38.0. The number of hydrogen-bond acceptors (Lipinski definition) is 9. The molecule has 46 heavy (non-hydrogen) atoms. The second-order valence-corrected chi connectivity index (χ2v) is 18.9. The maximum absolute atomic E-state index is 14.0. The van der Waals surface area contributed by atoms with Gasteiger partial charge in [-0.05, 0) is 25.1 Å². The Hall–Kier alpha value is -3.51. The van der Waals surface area contributed by atoms with Crippen LogP contribution >= 0.6 is 11.3 Å². The average molecular weight is 692 g/mol. The number of carbonyl (C=O) groups is 1. The zero-order valence-corrected chi connectivity index (χ0v) is 27.5. The molecule has 0 spiro atoms. The lowest BCUT2D eigenvalue weighted by atomic mass is 10.1. The minimum atomic E-state index is -4.92. The van der Waals surface area contributed by atoms with E-state index < -0.39 is 48.8 Å². The third-order valence-corrected chi connectivity index (χ3v) is 9.93. The van der Waals surface area contributed by atoms with Crippen LogP contribution in [0.4, 0.5) is 38.0 Å². The largest absolute Gasteiger partial charge is 0.423 e.